The molecule has 0 unspecified atom stereocenters. The van der Waals surface area contributed by atoms with Gasteiger partial charge in [-0.2, -0.15) is 0 Å². The SMILES string of the molecule is CC=C(C=C(C)Sc1c(C)n(CC(=O)N2CCC3(CCN(Cc4ccccc4)CC3)C2)c2c(F)c(Cl)ccc12)C(=O)O. The molecular formula is C33H37ClFN3O3S. The first kappa shape index (κ1) is 30.4. The lowest BCUT2D eigenvalue weighted by atomic mass is 9.77. The van der Waals surface area contributed by atoms with Gasteiger partial charge in [-0.25, -0.2) is 9.18 Å². The van der Waals surface area contributed by atoms with Crippen LogP contribution in [0.3, 0.4) is 0 Å². The normalized spacial score (nSPS) is 17.9. The number of hydrogen-bond acceptors (Lipinski definition) is 4. The van der Waals surface area contributed by atoms with Crippen molar-refractivity contribution in [1.82, 2.24) is 14.4 Å². The number of aliphatic carboxylic acids is 1. The van der Waals surface area contributed by atoms with E-state index >= 15 is 4.39 Å². The number of aromatic nitrogens is 1. The maximum atomic E-state index is 15.5. The number of thioether (sulfide) groups is 1. The molecule has 2 aliphatic rings. The number of allylic oxidation sites excluding steroid dienone is 2. The zero-order valence-electron chi connectivity index (χ0n) is 24.3. The molecule has 1 spiro atoms. The quantitative estimate of drug-likeness (QED) is 0.165. The van der Waals surface area contributed by atoms with Crippen LogP contribution in [0.25, 0.3) is 10.9 Å². The fourth-order valence-electron chi connectivity index (χ4n) is 6.30. The summed E-state index contributed by atoms with van der Waals surface area (Å²) in [5.41, 5.74) is 2.70. The van der Waals surface area contributed by atoms with Crippen LogP contribution < -0.4 is 0 Å². The van der Waals surface area contributed by atoms with Crippen LogP contribution in [-0.4, -0.2) is 57.5 Å². The summed E-state index contributed by atoms with van der Waals surface area (Å²) < 4.78 is 17.2. The number of benzene rings is 2. The maximum absolute atomic E-state index is 15.5. The molecule has 2 fully saturated rings. The summed E-state index contributed by atoms with van der Waals surface area (Å²) in [5.74, 6) is -1.59. The van der Waals surface area contributed by atoms with E-state index in [-0.39, 0.29) is 28.5 Å². The van der Waals surface area contributed by atoms with Crippen molar-refractivity contribution in [1.29, 1.82) is 0 Å². The smallest absolute Gasteiger partial charge is 0.335 e. The Morgan fingerprint density at radius 3 is 2.45 bits per heavy atom. The van der Waals surface area contributed by atoms with Crippen LogP contribution in [0.1, 0.15) is 44.4 Å². The van der Waals surface area contributed by atoms with Crippen molar-refractivity contribution < 1.29 is 19.1 Å². The van der Waals surface area contributed by atoms with Crippen molar-refractivity contribution in [2.24, 2.45) is 5.41 Å². The Bertz CT molecular complexity index is 1560. The van der Waals surface area contributed by atoms with Gasteiger partial charge in [0.1, 0.15) is 6.54 Å². The van der Waals surface area contributed by atoms with Gasteiger partial charge in [-0.3, -0.25) is 9.69 Å². The number of carbonyl (C=O) groups is 2. The van der Waals surface area contributed by atoms with E-state index in [0.717, 1.165) is 60.9 Å². The first-order chi connectivity index (χ1) is 20.1. The highest BCUT2D eigenvalue weighted by Gasteiger charge is 2.42. The zero-order chi connectivity index (χ0) is 30.0. The van der Waals surface area contributed by atoms with Crippen molar-refractivity contribution in [2.45, 2.75) is 58.0 Å². The monoisotopic (exact) mass is 609 g/mol. The number of hydrogen-bond donors (Lipinski definition) is 1. The van der Waals surface area contributed by atoms with E-state index in [2.05, 4.69) is 29.2 Å². The van der Waals surface area contributed by atoms with Gasteiger partial charge < -0.3 is 14.6 Å². The van der Waals surface area contributed by atoms with Gasteiger partial charge in [-0.1, -0.05) is 59.8 Å². The number of amides is 1. The molecule has 0 aliphatic carbocycles. The Labute approximate surface area is 255 Å². The summed E-state index contributed by atoms with van der Waals surface area (Å²) in [6.07, 6.45) is 6.26. The van der Waals surface area contributed by atoms with E-state index < -0.39 is 11.8 Å². The van der Waals surface area contributed by atoms with Crippen LogP contribution in [0.5, 0.6) is 0 Å². The topological polar surface area (TPSA) is 65.8 Å². The molecular weight excluding hydrogens is 573 g/mol. The number of carboxylic acids is 1. The minimum Gasteiger partial charge on any atom is -0.478 e. The van der Waals surface area contributed by atoms with Gasteiger partial charge in [0, 0.05) is 35.6 Å². The number of likely N-dealkylation sites (tertiary alicyclic amines) is 2. The molecule has 1 N–H and O–H groups in total. The Morgan fingerprint density at radius 2 is 1.79 bits per heavy atom. The molecule has 0 saturated carbocycles. The number of rotatable bonds is 8. The van der Waals surface area contributed by atoms with Crippen molar-refractivity contribution in [3.8, 4) is 0 Å². The molecule has 9 heteroatoms. The third kappa shape index (κ3) is 6.31. The molecule has 1 aromatic heterocycles. The molecule has 0 atom stereocenters. The van der Waals surface area contributed by atoms with Gasteiger partial charge in [0.15, 0.2) is 5.82 Å². The van der Waals surface area contributed by atoms with Gasteiger partial charge in [-0.15, -0.1) is 0 Å². The molecule has 1 amide bonds. The highest BCUT2D eigenvalue weighted by atomic mass is 35.5. The summed E-state index contributed by atoms with van der Waals surface area (Å²) in [6, 6.07) is 13.8. The average Bonchev–Trinajstić information content (AvgIpc) is 3.50. The van der Waals surface area contributed by atoms with Gasteiger partial charge in [0.25, 0.3) is 0 Å². The van der Waals surface area contributed by atoms with Gasteiger partial charge >= 0.3 is 5.97 Å². The summed E-state index contributed by atoms with van der Waals surface area (Å²) in [6.45, 7) is 9.83. The predicted molar refractivity (Wildman–Crippen MR) is 167 cm³/mol. The van der Waals surface area contributed by atoms with E-state index in [0.29, 0.717) is 17.4 Å². The maximum Gasteiger partial charge on any atom is 0.335 e. The third-order valence-corrected chi connectivity index (χ3v) is 10.2. The lowest BCUT2D eigenvalue weighted by Crippen LogP contribution is -2.42. The summed E-state index contributed by atoms with van der Waals surface area (Å²) in [7, 11) is 0. The van der Waals surface area contributed by atoms with Crippen LogP contribution >= 0.6 is 23.4 Å². The number of nitrogens with zero attached hydrogens (tertiary/aromatic N) is 3. The van der Waals surface area contributed by atoms with E-state index in [1.54, 1.807) is 23.6 Å². The highest BCUT2D eigenvalue weighted by Crippen LogP contribution is 2.42. The van der Waals surface area contributed by atoms with Crippen molar-refractivity contribution in [2.75, 3.05) is 26.2 Å². The molecule has 6 nitrogen and oxygen atoms in total. The lowest BCUT2D eigenvalue weighted by Gasteiger charge is -2.39. The molecule has 222 valence electrons. The van der Waals surface area contributed by atoms with E-state index in [1.165, 1.54) is 29.5 Å². The molecule has 0 radical (unpaired) electrons. The molecule has 2 aliphatic heterocycles. The number of fused-ring (bicyclic) bond motifs is 1. The minimum atomic E-state index is -1.01. The number of piperidine rings is 1. The largest absolute Gasteiger partial charge is 0.478 e. The summed E-state index contributed by atoms with van der Waals surface area (Å²) in [4.78, 5) is 31.2. The fraction of sp³-hybridized carbons (Fsp3) is 0.394. The Hall–Kier alpha value is -3.07. The lowest BCUT2D eigenvalue weighted by molar-refractivity contribution is -0.132. The van der Waals surface area contributed by atoms with Crippen LogP contribution in [-0.2, 0) is 22.7 Å². The minimum absolute atomic E-state index is 0.00183. The van der Waals surface area contributed by atoms with Gasteiger partial charge in [0.05, 0.1) is 16.1 Å². The van der Waals surface area contributed by atoms with Gasteiger partial charge in [-0.05, 0) is 87.2 Å². The van der Waals surface area contributed by atoms with Crippen LogP contribution in [0.4, 0.5) is 4.39 Å². The summed E-state index contributed by atoms with van der Waals surface area (Å²) in [5, 5.41) is 10.1. The van der Waals surface area contributed by atoms with E-state index in [9.17, 15) is 14.7 Å². The number of carboxylic acid groups (broad SMARTS) is 1. The van der Waals surface area contributed by atoms with Crippen molar-refractivity contribution in [3.05, 3.63) is 87.2 Å². The second kappa shape index (κ2) is 12.7. The molecule has 3 heterocycles. The third-order valence-electron chi connectivity index (χ3n) is 8.75. The second-order valence-electron chi connectivity index (χ2n) is 11.5. The molecule has 2 saturated heterocycles. The van der Waals surface area contributed by atoms with E-state index in [4.69, 9.17) is 11.6 Å². The Morgan fingerprint density at radius 1 is 1.10 bits per heavy atom. The van der Waals surface area contributed by atoms with E-state index in [1.807, 2.05) is 24.8 Å². The number of halogens is 2. The Balaban J connectivity index is 1.32. The highest BCUT2D eigenvalue weighted by molar-refractivity contribution is 8.03. The molecule has 42 heavy (non-hydrogen) atoms. The standard InChI is InChI=1S/C33H37ClFN3O3S/c1-4-25(32(40)41)18-22(2)42-31-23(3)38(30-26(31)10-11-27(34)29(30)35)20-28(39)37-17-14-33(21-37)12-15-36(16-13-33)19-24-8-6-5-7-9-24/h4-11,18H,12-17,19-21H2,1-3H3,(H,40,41). The van der Waals surface area contributed by atoms with Crippen LogP contribution in [0, 0.1) is 18.2 Å². The van der Waals surface area contributed by atoms with Gasteiger partial charge in [0.2, 0.25) is 5.91 Å². The number of carbonyl (C=O) groups excluding carboxylic acids is 1. The van der Waals surface area contributed by atoms with Crippen LogP contribution in [0.15, 0.2) is 70.0 Å². The van der Waals surface area contributed by atoms with Crippen LogP contribution in [0.2, 0.25) is 5.02 Å². The zero-order valence-corrected chi connectivity index (χ0v) is 25.9. The molecule has 3 aromatic rings. The molecule has 2 aromatic carbocycles. The average molecular weight is 610 g/mol. The fourth-order valence-corrected chi connectivity index (χ4v) is 7.49. The van der Waals surface area contributed by atoms with Crippen molar-refractivity contribution >= 4 is 46.1 Å². The molecule has 0 bridgehead atoms. The summed E-state index contributed by atoms with van der Waals surface area (Å²) >= 11 is 7.57. The predicted octanol–water partition coefficient (Wildman–Crippen LogP) is 7.28. The Kier molecular flexibility index (Phi) is 9.16. The second-order valence-corrected chi connectivity index (χ2v) is 13.2. The first-order valence-corrected chi connectivity index (χ1v) is 15.6. The molecule has 5 rings (SSSR count). The van der Waals surface area contributed by atoms with Crippen molar-refractivity contribution in [3.63, 3.8) is 0 Å². The first-order valence-electron chi connectivity index (χ1n) is 14.4.